The Morgan fingerprint density at radius 1 is 0.594 bits per heavy atom. The van der Waals surface area contributed by atoms with Gasteiger partial charge in [-0.3, -0.25) is 28.3 Å². The second-order valence-corrected chi connectivity index (χ2v) is 9.16. The van der Waals surface area contributed by atoms with E-state index in [2.05, 4.69) is 0 Å². The van der Waals surface area contributed by atoms with Crippen LogP contribution in [0.5, 0.6) is 0 Å². The van der Waals surface area contributed by atoms with Crippen molar-refractivity contribution < 1.29 is 9.47 Å². The van der Waals surface area contributed by atoms with Gasteiger partial charge in [0.25, 0.3) is 22.2 Å². The first kappa shape index (κ1) is 21.3. The SMILES string of the molecule is O=c1c2cc3c(=O)n(CCC4CCOCC4)c(=O)c3cc2c(=O)n1CCC1CCOCC1. The molecular formula is C24H28N2O6. The van der Waals surface area contributed by atoms with Crippen molar-refractivity contribution in [1.29, 1.82) is 0 Å². The molecule has 3 aromatic rings. The molecule has 0 saturated carbocycles. The predicted octanol–water partition coefficient (Wildman–Crippen LogP) is 1.55. The maximum atomic E-state index is 12.9. The Morgan fingerprint density at radius 2 is 0.906 bits per heavy atom. The maximum absolute atomic E-state index is 12.9. The highest BCUT2D eigenvalue weighted by Gasteiger charge is 2.22. The van der Waals surface area contributed by atoms with Crippen LogP contribution < -0.4 is 22.2 Å². The molecule has 0 unspecified atom stereocenters. The minimum absolute atomic E-state index is 0.230. The van der Waals surface area contributed by atoms with Crippen LogP contribution in [0, 0.1) is 11.8 Å². The third kappa shape index (κ3) is 3.75. The number of benzene rings is 1. The number of hydrogen-bond acceptors (Lipinski definition) is 6. The zero-order valence-corrected chi connectivity index (χ0v) is 18.1. The molecule has 0 N–H and O–H groups in total. The van der Waals surface area contributed by atoms with Crippen LogP contribution in [0.4, 0.5) is 0 Å². The lowest BCUT2D eigenvalue weighted by atomic mass is 9.97. The zero-order valence-electron chi connectivity index (χ0n) is 18.1. The van der Waals surface area contributed by atoms with Crippen LogP contribution in [-0.4, -0.2) is 35.6 Å². The van der Waals surface area contributed by atoms with Crippen LogP contribution in [0.2, 0.25) is 0 Å². The predicted molar refractivity (Wildman–Crippen MR) is 121 cm³/mol. The summed E-state index contributed by atoms with van der Waals surface area (Å²) in [5.74, 6) is 0.871. The first-order valence-electron chi connectivity index (χ1n) is 11.6. The van der Waals surface area contributed by atoms with Crippen LogP contribution in [0.3, 0.4) is 0 Å². The zero-order chi connectivity index (χ0) is 22.2. The second kappa shape index (κ2) is 8.75. The summed E-state index contributed by atoms with van der Waals surface area (Å²) in [4.78, 5) is 51.8. The lowest BCUT2D eigenvalue weighted by molar-refractivity contribution is 0.0624. The Labute approximate surface area is 184 Å². The standard InChI is InChI=1S/C24H28N2O6/c27-21-17-13-19-20(24(30)26(23(19)29)8-2-16-5-11-32-12-6-16)14-18(17)22(28)25(21)7-1-15-3-9-31-10-4-15/h13-16H,1-12H2. The highest BCUT2D eigenvalue weighted by atomic mass is 16.5. The van der Waals surface area contributed by atoms with Gasteiger partial charge in [-0.2, -0.15) is 0 Å². The molecule has 170 valence electrons. The van der Waals surface area contributed by atoms with Crippen LogP contribution >= 0.6 is 0 Å². The molecule has 2 aliphatic rings. The lowest BCUT2D eigenvalue weighted by Gasteiger charge is -2.21. The first-order valence-corrected chi connectivity index (χ1v) is 11.6. The first-order chi connectivity index (χ1) is 15.5. The average molecular weight is 440 g/mol. The van der Waals surface area contributed by atoms with Crippen LogP contribution in [-0.2, 0) is 22.6 Å². The van der Waals surface area contributed by atoms with Crippen LogP contribution in [0.15, 0.2) is 31.3 Å². The lowest BCUT2D eigenvalue weighted by Crippen LogP contribution is -2.28. The number of rotatable bonds is 6. The van der Waals surface area contributed by atoms with E-state index in [0.29, 0.717) is 24.9 Å². The van der Waals surface area contributed by atoms with Gasteiger partial charge in [-0.1, -0.05) is 0 Å². The van der Waals surface area contributed by atoms with Crippen LogP contribution in [0.25, 0.3) is 21.5 Å². The summed E-state index contributed by atoms with van der Waals surface area (Å²) in [5.41, 5.74) is -1.50. The molecule has 32 heavy (non-hydrogen) atoms. The highest BCUT2D eigenvalue weighted by Crippen LogP contribution is 2.21. The minimum atomic E-state index is -0.374. The van der Waals surface area contributed by atoms with Gasteiger partial charge in [0, 0.05) is 39.5 Å². The van der Waals surface area contributed by atoms with Gasteiger partial charge in [0.05, 0.1) is 21.5 Å². The van der Waals surface area contributed by atoms with Gasteiger partial charge in [0.2, 0.25) is 0 Å². The largest absolute Gasteiger partial charge is 0.381 e. The maximum Gasteiger partial charge on any atom is 0.261 e. The molecule has 0 radical (unpaired) electrons. The van der Waals surface area contributed by atoms with Gasteiger partial charge in [0.15, 0.2) is 0 Å². The Hall–Kier alpha value is -2.58. The Morgan fingerprint density at radius 3 is 1.22 bits per heavy atom. The third-order valence-electron chi connectivity index (χ3n) is 7.26. The molecular weight excluding hydrogens is 412 g/mol. The fraction of sp³-hybridized carbons (Fsp3) is 0.583. The van der Waals surface area contributed by atoms with Crippen molar-refractivity contribution in [3.63, 3.8) is 0 Å². The summed E-state index contributed by atoms with van der Waals surface area (Å²) >= 11 is 0. The molecule has 2 aromatic heterocycles. The van der Waals surface area contributed by atoms with Gasteiger partial charge in [-0.25, -0.2) is 0 Å². The molecule has 0 atom stereocenters. The summed E-state index contributed by atoms with van der Waals surface area (Å²) in [6.07, 6.45) is 5.22. The van der Waals surface area contributed by atoms with Crippen molar-refractivity contribution in [3.05, 3.63) is 53.5 Å². The van der Waals surface area contributed by atoms with Gasteiger partial charge >= 0.3 is 0 Å². The van der Waals surface area contributed by atoms with Gasteiger partial charge in [-0.05, 0) is 62.5 Å². The summed E-state index contributed by atoms with van der Waals surface area (Å²) in [6, 6.07) is 2.90. The molecule has 8 nitrogen and oxygen atoms in total. The minimum Gasteiger partial charge on any atom is -0.381 e. The van der Waals surface area contributed by atoms with Gasteiger partial charge < -0.3 is 9.47 Å². The normalized spacial score (nSPS) is 18.8. The van der Waals surface area contributed by atoms with Gasteiger partial charge in [0.1, 0.15) is 0 Å². The van der Waals surface area contributed by atoms with E-state index in [9.17, 15) is 19.2 Å². The van der Waals surface area contributed by atoms with Crippen molar-refractivity contribution in [2.45, 2.75) is 51.6 Å². The van der Waals surface area contributed by atoms with E-state index in [-0.39, 0.29) is 43.8 Å². The number of fused-ring (bicyclic) bond motifs is 2. The Bertz CT molecular complexity index is 1150. The number of nitrogens with zero attached hydrogens (tertiary/aromatic N) is 2. The smallest absolute Gasteiger partial charge is 0.261 e. The third-order valence-corrected chi connectivity index (χ3v) is 7.26. The summed E-state index contributed by atoms with van der Waals surface area (Å²) < 4.78 is 13.3. The molecule has 0 amide bonds. The number of aromatic nitrogens is 2. The Kier molecular flexibility index (Phi) is 5.82. The molecule has 2 aliphatic heterocycles. The van der Waals surface area contributed by atoms with Crippen LogP contribution in [0.1, 0.15) is 38.5 Å². The fourth-order valence-electron chi connectivity index (χ4n) is 5.17. The van der Waals surface area contributed by atoms with E-state index in [1.807, 2.05) is 0 Å². The summed E-state index contributed by atoms with van der Waals surface area (Å²) in [7, 11) is 0. The van der Waals surface area contributed by atoms with Crippen molar-refractivity contribution in [1.82, 2.24) is 9.13 Å². The fourth-order valence-corrected chi connectivity index (χ4v) is 5.17. The second-order valence-electron chi connectivity index (χ2n) is 9.16. The van der Waals surface area contributed by atoms with Crippen molar-refractivity contribution in [2.75, 3.05) is 26.4 Å². The number of hydrogen-bond donors (Lipinski definition) is 0. The molecule has 8 heteroatoms. The summed E-state index contributed by atoms with van der Waals surface area (Å²) in [6.45, 7) is 3.56. The summed E-state index contributed by atoms with van der Waals surface area (Å²) in [5, 5.41) is 0.919. The topological polar surface area (TPSA) is 96.6 Å². The van der Waals surface area contributed by atoms with Gasteiger partial charge in [-0.15, -0.1) is 0 Å². The molecule has 5 rings (SSSR count). The van der Waals surface area contributed by atoms with E-state index in [0.717, 1.165) is 65.0 Å². The van der Waals surface area contributed by atoms with Crippen molar-refractivity contribution in [3.8, 4) is 0 Å². The van der Waals surface area contributed by atoms with E-state index in [1.54, 1.807) is 0 Å². The molecule has 2 fully saturated rings. The average Bonchev–Trinajstić information content (AvgIpc) is 3.20. The quantitative estimate of drug-likeness (QED) is 0.577. The molecule has 0 aliphatic carbocycles. The van der Waals surface area contributed by atoms with Crippen molar-refractivity contribution in [2.24, 2.45) is 11.8 Å². The molecule has 0 bridgehead atoms. The molecule has 0 spiro atoms. The van der Waals surface area contributed by atoms with Crippen molar-refractivity contribution >= 4 is 21.5 Å². The molecule has 1 aromatic carbocycles. The van der Waals surface area contributed by atoms with E-state index < -0.39 is 0 Å². The van der Waals surface area contributed by atoms with E-state index in [1.165, 1.54) is 21.3 Å². The van der Waals surface area contributed by atoms with E-state index >= 15 is 0 Å². The van der Waals surface area contributed by atoms with E-state index in [4.69, 9.17) is 9.47 Å². The molecule has 4 heterocycles. The monoisotopic (exact) mass is 440 g/mol. The number of ether oxygens (including phenoxy) is 2. The Balaban J connectivity index is 1.46. The highest BCUT2D eigenvalue weighted by molar-refractivity contribution is 5.97. The molecule has 2 saturated heterocycles.